The second kappa shape index (κ2) is 10.4. The molecular weight excluding hydrogens is 548 g/mol. The van der Waals surface area contributed by atoms with Gasteiger partial charge < -0.3 is 10.0 Å². The van der Waals surface area contributed by atoms with Gasteiger partial charge in [-0.2, -0.15) is 0 Å². The second-order valence-electron chi connectivity index (χ2n) is 11.9. The molecule has 9 heteroatoms. The minimum absolute atomic E-state index is 0.0879. The summed E-state index contributed by atoms with van der Waals surface area (Å²) in [6, 6.07) is 5.82. The number of benzene rings is 2. The molecule has 0 bridgehead atoms. The van der Waals surface area contributed by atoms with Crippen LogP contribution in [0.1, 0.15) is 60.0 Å². The van der Waals surface area contributed by atoms with Crippen molar-refractivity contribution in [3.05, 3.63) is 87.2 Å². The lowest BCUT2D eigenvalue weighted by Gasteiger charge is -2.39. The van der Waals surface area contributed by atoms with Crippen LogP contribution in [-0.2, 0) is 0 Å². The Morgan fingerprint density at radius 2 is 1.54 bits per heavy atom. The summed E-state index contributed by atoms with van der Waals surface area (Å²) in [5.74, 6) is -9.61. The molecule has 2 fully saturated rings. The highest BCUT2D eigenvalue weighted by Crippen LogP contribution is 2.44. The molecule has 0 spiro atoms. The maximum Gasteiger partial charge on any atom is 0.339 e. The molecule has 2 saturated heterocycles. The number of fused-ring (bicyclic) bond motifs is 2. The third kappa shape index (κ3) is 4.49. The summed E-state index contributed by atoms with van der Waals surface area (Å²) in [6.45, 7) is 8.06. The molecule has 214 valence electrons. The van der Waals surface area contributed by atoms with E-state index in [4.69, 9.17) is 0 Å². The van der Waals surface area contributed by atoms with E-state index in [-0.39, 0.29) is 5.57 Å². The zero-order valence-corrected chi connectivity index (χ0v) is 24.3. The third-order valence-corrected chi connectivity index (χ3v) is 12.6. The van der Waals surface area contributed by atoms with Crippen LogP contribution < -0.4 is 10.1 Å². The maximum atomic E-state index is 15.7. The topological polar surface area (TPSA) is 43.6 Å². The number of carboxylic acids is 1. The molecule has 6 rings (SSSR count). The van der Waals surface area contributed by atoms with E-state index >= 15 is 8.78 Å². The Hall–Kier alpha value is -3.46. The van der Waals surface area contributed by atoms with Crippen LogP contribution in [0.2, 0.25) is 13.1 Å². The summed E-state index contributed by atoms with van der Waals surface area (Å²) in [6.07, 6.45) is 12.5. The molecule has 0 unspecified atom stereocenters. The standard InChI is InChI=1S/C32H32F4N2O2Si/c1-41(2)23-17-19(37-13-5-3-6-14-37)9-11-21(23)25(26-27(32(39)40)29(34)31(36)30(35)28(26)33)22-12-10-20(18-24(22)41)38-15-7-4-8-16-38/h9-12,17-18H,3-8,13-16H2,1-2H3/p+1. The second-order valence-corrected chi connectivity index (χ2v) is 16.2. The first-order valence-corrected chi connectivity index (χ1v) is 17.4. The van der Waals surface area contributed by atoms with Crippen molar-refractivity contribution in [2.45, 2.75) is 51.6 Å². The summed E-state index contributed by atoms with van der Waals surface area (Å²) in [4.78, 5) is 14.6. The number of carboxylic acid groups (broad SMARTS) is 1. The van der Waals surface area contributed by atoms with Gasteiger partial charge in [0.1, 0.15) is 26.7 Å². The van der Waals surface area contributed by atoms with Crippen LogP contribution in [0.25, 0.3) is 5.57 Å². The van der Waals surface area contributed by atoms with E-state index in [1.54, 1.807) is 0 Å². The van der Waals surface area contributed by atoms with Gasteiger partial charge in [-0.1, -0.05) is 19.2 Å². The van der Waals surface area contributed by atoms with Gasteiger partial charge in [-0.15, -0.1) is 0 Å². The predicted octanol–water partition coefficient (Wildman–Crippen LogP) is 6.34. The summed E-state index contributed by atoms with van der Waals surface area (Å²) < 4.78 is 62.2. The van der Waals surface area contributed by atoms with Crippen molar-refractivity contribution < 1.29 is 32.0 Å². The number of carbonyl (C=O) groups is 1. The number of nitrogens with zero attached hydrogens (tertiary/aromatic N) is 2. The molecule has 0 saturated carbocycles. The van der Waals surface area contributed by atoms with Gasteiger partial charge in [-0.25, -0.2) is 26.9 Å². The van der Waals surface area contributed by atoms with Crippen LogP contribution in [0, 0.1) is 23.3 Å². The number of hydrogen-bond donors (Lipinski definition) is 1. The molecule has 3 aliphatic heterocycles. The Kier molecular flexibility index (Phi) is 7.04. The number of rotatable bonds is 3. The Morgan fingerprint density at radius 1 is 0.878 bits per heavy atom. The molecule has 4 aliphatic rings. The molecule has 0 amide bonds. The molecule has 3 heterocycles. The number of hydrogen-bond acceptors (Lipinski definition) is 2. The van der Waals surface area contributed by atoms with Crippen molar-refractivity contribution in [2.24, 2.45) is 0 Å². The van der Waals surface area contributed by atoms with Gasteiger partial charge in [0.25, 0.3) is 0 Å². The fourth-order valence-corrected chi connectivity index (χ4v) is 9.93. The fraction of sp³-hybridized carbons (Fsp3) is 0.375. The Balaban J connectivity index is 1.67. The molecule has 1 aliphatic carbocycles. The summed E-state index contributed by atoms with van der Waals surface area (Å²) in [5.41, 5.74) is 1.25. The number of allylic oxidation sites excluding steroid dienone is 5. The van der Waals surface area contributed by atoms with Gasteiger partial charge >= 0.3 is 5.97 Å². The van der Waals surface area contributed by atoms with Crippen molar-refractivity contribution in [3.8, 4) is 0 Å². The lowest BCUT2D eigenvalue weighted by atomic mass is 9.86. The van der Waals surface area contributed by atoms with E-state index < -0.39 is 48.4 Å². The minimum Gasteiger partial charge on any atom is -0.478 e. The molecule has 0 atom stereocenters. The van der Waals surface area contributed by atoms with Gasteiger partial charge in [0.05, 0.1) is 0 Å². The van der Waals surface area contributed by atoms with Crippen LogP contribution in [0.15, 0.2) is 47.2 Å². The lowest BCUT2D eigenvalue weighted by molar-refractivity contribution is -0.535. The van der Waals surface area contributed by atoms with Crippen molar-refractivity contribution >= 4 is 36.2 Å². The highest BCUT2D eigenvalue weighted by molar-refractivity contribution is 6.98. The normalized spacial score (nSPS) is 20.1. The van der Waals surface area contributed by atoms with E-state index in [2.05, 4.69) is 34.7 Å². The van der Waals surface area contributed by atoms with E-state index in [0.717, 1.165) is 73.6 Å². The minimum atomic E-state index is -2.50. The fourth-order valence-electron chi connectivity index (χ4n) is 6.86. The molecule has 41 heavy (non-hydrogen) atoms. The van der Waals surface area contributed by atoms with Crippen molar-refractivity contribution in [3.63, 3.8) is 0 Å². The van der Waals surface area contributed by atoms with Crippen LogP contribution in [0.4, 0.5) is 23.2 Å². The molecule has 2 aromatic carbocycles. The molecule has 0 aromatic heterocycles. The van der Waals surface area contributed by atoms with Gasteiger partial charge in [-0.3, -0.25) is 0 Å². The molecule has 2 aromatic rings. The van der Waals surface area contributed by atoms with E-state index in [0.29, 0.717) is 11.1 Å². The van der Waals surface area contributed by atoms with Crippen LogP contribution >= 0.6 is 0 Å². The predicted molar refractivity (Wildman–Crippen MR) is 155 cm³/mol. The summed E-state index contributed by atoms with van der Waals surface area (Å²) in [5, 5.41) is 11.8. The van der Waals surface area contributed by atoms with E-state index in [9.17, 15) is 18.7 Å². The average Bonchev–Trinajstić information content (AvgIpc) is 2.99. The van der Waals surface area contributed by atoms with Gasteiger partial charge in [0, 0.05) is 49.3 Å². The number of piperidine rings is 2. The largest absolute Gasteiger partial charge is 0.478 e. The quantitative estimate of drug-likeness (QED) is 0.151. The van der Waals surface area contributed by atoms with Gasteiger partial charge in [0.15, 0.2) is 29.0 Å². The zero-order valence-electron chi connectivity index (χ0n) is 23.3. The number of aromatic carboxylic acids is 1. The van der Waals surface area contributed by atoms with E-state index in [1.165, 1.54) is 12.8 Å². The monoisotopic (exact) mass is 581 g/mol. The van der Waals surface area contributed by atoms with Gasteiger partial charge in [-0.05, 0) is 71.0 Å². The number of halogens is 4. The summed E-state index contributed by atoms with van der Waals surface area (Å²) in [7, 11) is -2.50. The maximum absolute atomic E-state index is 15.7. The average molecular weight is 582 g/mol. The zero-order chi connectivity index (χ0) is 29.1. The first kappa shape index (κ1) is 27.7. The molecule has 1 N–H and O–H groups in total. The Bertz CT molecular complexity index is 1590. The smallest absolute Gasteiger partial charge is 0.339 e. The first-order valence-electron chi connectivity index (χ1n) is 14.4. The highest BCUT2D eigenvalue weighted by atomic mass is 28.3. The van der Waals surface area contributed by atoms with Crippen LogP contribution in [-0.4, -0.2) is 55.6 Å². The van der Waals surface area contributed by atoms with Gasteiger partial charge in [0.2, 0.25) is 0 Å². The van der Waals surface area contributed by atoms with Crippen LogP contribution in [0.5, 0.6) is 0 Å². The van der Waals surface area contributed by atoms with Crippen LogP contribution in [0.3, 0.4) is 0 Å². The van der Waals surface area contributed by atoms with Crippen molar-refractivity contribution in [1.82, 2.24) is 0 Å². The van der Waals surface area contributed by atoms with Crippen molar-refractivity contribution in [2.75, 3.05) is 31.1 Å². The van der Waals surface area contributed by atoms with Crippen molar-refractivity contribution in [1.29, 1.82) is 0 Å². The summed E-state index contributed by atoms with van der Waals surface area (Å²) >= 11 is 0. The Labute approximate surface area is 238 Å². The Morgan fingerprint density at radius 3 is 2.22 bits per heavy atom. The highest BCUT2D eigenvalue weighted by Gasteiger charge is 2.43. The number of anilines is 1. The first-order chi connectivity index (χ1) is 19.6. The molecule has 4 nitrogen and oxygen atoms in total. The SMILES string of the molecule is C[Si]1(C)C2=CC(=[N+]3CCCCC3)C=CC2=C(c2c(F)c(F)c(F)c(F)c2C(=O)O)c2ccc(N3CCCCC3)cc21. The van der Waals surface area contributed by atoms with E-state index in [1.807, 2.05) is 24.3 Å². The molecular formula is C32H33F4N2O2Si+. The lowest BCUT2D eigenvalue weighted by Crippen LogP contribution is -2.50. The third-order valence-electron chi connectivity index (χ3n) is 9.07. The molecule has 0 radical (unpaired) electrons.